The third-order valence-electron chi connectivity index (χ3n) is 14.7. The van der Waals surface area contributed by atoms with Crippen molar-refractivity contribution < 1.29 is 47.0 Å². The fourth-order valence-corrected chi connectivity index (χ4v) is 11.6. The molecule has 14 heteroatoms. The predicted octanol–water partition coefficient (Wildman–Crippen LogP) is 8.60. The third-order valence-corrected chi connectivity index (χ3v) is 23.6. The summed E-state index contributed by atoms with van der Waals surface area (Å²) in [6, 6.07) is 0. The Balaban J connectivity index is 0.000000270. The monoisotopic (exact) mass is 875 g/mol. The Bertz CT molecular complexity index is 1680. The molecule has 2 N–H and O–H groups in total. The van der Waals surface area contributed by atoms with Gasteiger partial charge in [0.2, 0.25) is 17.9 Å². The summed E-state index contributed by atoms with van der Waals surface area (Å²) >= 11 is 0. The van der Waals surface area contributed by atoms with E-state index < -0.39 is 57.3 Å². The summed E-state index contributed by atoms with van der Waals surface area (Å²) in [5.41, 5.74) is -2.01. The van der Waals surface area contributed by atoms with Crippen LogP contribution in [0.3, 0.4) is 0 Å². The van der Waals surface area contributed by atoms with Crippen LogP contribution in [0.25, 0.3) is 0 Å². The first-order chi connectivity index (χ1) is 27.6. The smallest absolute Gasteiger partial charge is 0.348 e. The number of amides is 2. The molecule has 2 saturated carbocycles. The van der Waals surface area contributed by atoms with Gasteiger partial charge >= 0.3 is 17.9 Å². The fourth-order valence-electron chi connectivity index (χ4n) is 8.84. The summed E-state index contributed by atoms with van der Waals surface area (Å²) in [4.78, 5) is 64.5. The SMILES string of the molecule is CC1=CC(=O)N[C@]1(C(=O)O[C@@H]1C(=O)OCC1(C)C)[C@@H](O[Si](C)(C)C(C)(C)C)C1CCCCC1.CCOC(=O)[C@]1([C@@H](O[Si](C)(C)C(C)(C)C)C2CCCCC2)NC(=O)C=C1C. The number of carbonyl (C=O) groups excluding carboxylic acids is 5. The van der Waals surface area contributed by atoms with Gasteiger partial charge in [0.15, 0.2) is 27.7 Å². The molecule has 12 nitrogen and oxygen atoms in total. The zero-order valence-electron chi connectivity index (χ0n) is 39.6. The second-order valence-electron chi connectivity index (χ2n) is 21.7. The summed E-state index contributed by atoms with van der Waals surface area (Å²) in [5, 5.41) is 5.84. The molecule has 5 aliphatic rings. The lowest BCUT2D eigenvalue weighted by Gasteiger charge is -2.48. The first kappa shape index (κ1) is 49.8. The van der Waals surface area contributed by atoms with Crippen LogP contribution in [0.4, 0.5) is 0 Å². The van der Waals surface area contributed by atoms with Crippen molar-refractivity contribution in [1.29, 1.82) is 0 Å². The van der Waals surface area contributed by atoms with Gasteiger partial charge in [0.25, 0.3) is 0 Å². The van der Waals surface area contributed by atoms with Crippen LogP contribution in [0.2, 0.25) is 36.3 Å². The second-order valence-corrected chi connectivity index (χ2v) is 31.3. The zero-order valence-corrected chi connectivity index (χ0v) is 41.6. The number of cyclic esters (lactones) is 1. The predicted molar refractivity (Wildman–Crippen MR) is 238 cm³/mol. The normalized spacial score (nSPS) is 27.7. The lowest BCUT2D eigenvalue weighted by atomic mass is 9.74. The number of carbonyl (C=O) groups is 5. The van der Waals surface area contributed by atoms with E-state index in [1.54, 1.807) is 13.8 Å². The maximum Gasteiger partial charge on any atom is 0.348 e. The van der Waals surface area contributed by atoms with E-state index in [9.17, 15) is 24.0 Å². The molecule has 3 aliphatic heterocycles. The van der Waals surface area contributed by atoms with Crippen LogP contribution in [0.5, 0.6) is 0 Å². The average Bonchev–Trinajstić information content (AvgIpc) is 3.73. The van der Waals surface area contributed by atoms with Crippen LogP contribution in [-0.2, 0) is 47.0 Å². The Morgan fingerprint density at radius 1 is 0.717 bits per heavy atom. The molecule has 2 aliphatic carbocycles. The Labute approximate surface area is 362 Å². The molecule has 3 fully saturated rings. The van der Waals surface area contributed by atoms with Gasteiger partial charge in [0.1, 0.15) is 6.61 Å². The van der Waals surface area contributed by atoms with Crippen molar-refractivity contribution in [3.05, 3.63) is 23.3 Å². The minimum Gasteiger partial charge on any atom is -0.464 e. The standard InChI is InChI=1S/C25H41NO6Si.C21H37NO4Si/c1-16-14-18(27)26-25(16,22(29)31-20-21(28)30-15-24(20,5)6)19(17-12-10-9-11-13-17)32-33(7,8)23(2,3)4;1-8-25-19(24)21(15(2)14-17(23)22-21)18(16-12-10-9-11-13-16)26-27(6,7)20(3,4)5/h14,17,19-20H,9-13,15H2,1-8H3,(H,26,27);14,16,18H,8-13H2,1-7H3,(H,22,23)/t19-,20+,25-;18-,21-/m00/s1. The van der Waals surface area contributed by atoms with Crippen molar-refractivity contribution >= 4 is 46.4 Å². The molecule has 0 radical (unpaired) electrons. The quantitative estimate of drug-likeness (QED) is 0.111. The van der Waals surface area contributed by atoms with E-state index in [-0.39, 0.29) is 59.0 Å². The highest BCUT2D eigenvalue weighted by Gasteiger charge is 2.61. The largest absolute Gasteiger partial charge is 0.464 e. The van der Waals surface area contributed by atoms with Crippen molar-refractivity contribution in [2.45, 2.75) is 206 Å². The molecular weight excluding hydrogens is 797 g/mol. The summed E-state index contributed by atoms with van der Waals surface area (Å²) < 4.78 is 30.4. The Kier molecular flexibility index (Phi) is 15.4. The molecule has 60 heavy (non-hydrogen) atoms. The summed E-state index contributed by atoms with van der Waals surface area (Å²) in [5.74, 6) is -1.80. The maximum atomic E-state index is 14.0. The number of esters is 3. The minimum atomic E-state index is -2.33. The van der Waals surface area contributed by atoms with Gasteiger partial charge in [-0.1, -0.05) is 93.9 Å². The van der Waals surface area contributed by atoms with E-state index in [0.717, 1.165) is 57.8 Å². The molecular formula is C46H78N2O10Si2. The van der Waals surface area contributed by atoms with E-state index in [1.165, 1.54) is 18.6 Å². The van der Waals surface area contributed by atoms with Crippen molar-refractivity contribution in [2.24, 2.45) is 17.3 Å². The van der Waals surface area contributed by atoms with Gasteiger partial charge in [0, 0.05) is 17.6 Å². The lowest BCUT2D eigenvalue weighted by molar-refractivity contribution is -0.172. The van der Waals surface area contributed by atoms with Gasteiger partial charge in [-0.3, -0.25) is 9.59 Å². The Hall–Kier alpha value is -2.82. The van der Waals surface area contributed by atoms with Crippen LogP contribution in [-0.4, -0.2) is 89.0 Å². The second kappa shape index (κ2) is 18.5. The molecule has 1 saturated heterocycles. The molecule has 340 valence electrons. The van der Waals surface area contributed by atoms with Crippen molar-refractivity contribution in [3.8, 4) is 0 Å². The molecule has 3 heterocycles. The first-order valence-electron chi connectivity index (χ1n) is 22.5. The number of rotatable bonds is 12. The average molecular weight is 875 g/mol. The molecule has 5 atom stereocenters. The van der Waals surface area contributed by atoms with Crippen LogP contribution in [0.1, 0.15) is 140 Å². The molecule has 0 aromatic heterocycles. The topological polar surface area (TPSA) is 156 Å². The summed E-state index contributed by atoms with van der Waals surface area (Å²) in [6.07, 6.45) is 11.7. The molecule has 0 unspecified atom stereocenters. The highest BCUT2D eigenvalue weighted by atomic mass is 28.4. The zero-order chi connectivity index (χ0) is 45.3. The van der Waals surface area contributed by atoms with Gasteiger partial charge in [0.05, 0.1) is 18.8 Å². The van der Waals surface area contributed by atoms with Crippen molar-refractivity contribution in [2.75, 3.05) is 13.2 Å². The van der Waals surface area contributed by atoms with Crippen molar-refractivity contribution in [1.82, 2.24) is 10.6 Å². The van der Waals surface area contributed by atoms with E-state index >= 15 is 0 Å². The van der Waals surface area contributed by atoms with Crippen LogP contribution in [0.15, 0.2) is 23.3 Å². The highest BCUT2D eigenvalue weighted by Crippen LogP contribution is 2.47. The van der Waals surface area contributed by atoms with E-state index in [4.69, 9.17) is 23.1 Å². The molecule has 2 amide bonds. The third kappa shape index (κ3) is 10.2. The van der Waals surface area contributed by atoms with Gasteiger partial charge < -0.3 is 33.7 Å². The highest BCUT2D eigenvalue weighted by molar-refractivity contribution is 6.74. The molecule has 0 bridgehead atoms. The summed E-state index contributed by atoms with van der Waals surface area (Å²) in [6.45, 7) is 31.4. The van der Waals surface area contributed by atoms with Crippen LogP contribution >= 0.6 is 0 Å². The number of hydrogen-bond donors (Lipinski definition) is 2. The number of hydrogen-bond acceptors (Lipinski definition) is 10. The Morgan fingerprint density at radius 2 is 1.10 bits per heavy atom. The molecule has 0 aromatic carbocycles. The van der Waals surface area contributed by atoms with E-state index in [2.05, 4.69) is 78.4 Å². The minimum absolute atomic E-state index is 0.00992. The molecule has 5 rings (SSSR count). The van der Waals surface area contributed by atoms with Gasteiger partial charge in [-0.15, -0.1) is 0 Å². The van der Waals surface area contributed by atoms with Crippen LogP contribution in [0, 0.1) is 17.3 Å². The molecule has 0 spiro atoms. The Morgan fingerprint density at radius 3 is 1.40 bits per heavy atom. The number of ether oxygens (including phenoxy) is 3. The van der Waals surface area contributed by atoms with Crippen molar-refractivity contribution in [3.63, 3.8) is 0 Å². The van der Waals surface area contributed by atoms with Crippen LogP contribution < -0.4 is 10.6 Å². The van der Waals surface area contributed by atoms with E-state index in [0.29, 0.717) is 11.1 Å². The summed E-state index contributed by atoms with van der Waals surface area (Å²) in [7, 11) is -4.50. The van der Waals surface area contributed by atoms with Gasteiger partial charge in [-0.05, 0) is 106 Å². The lowest BCUT2D eigenvalue weighted by Crippen LogP contribution is -2.66. The van der Waals surface area contributed by atoms with Gasteiger partial charge in [-0.2, -0.15) is 0 Å². The van der Waals surface area contributed by atoms with E-state index in [1.807, 2.05) is 20.8 Å². The first-order valence-corrected chi connectivity index (χ1v) is 28.3. The molecule has 0 aromatic rings. The fraction of sp³-hybridized carbons (Fsp3) is 0.804. The maximum absolute atomic E-state index is 14.0. The van der Waals surface area contributed by atoms with Gasteiger partial charge in [-0.25, -0.2) is 14.4 Å². The number of nitrogens with one attached hydrogen (secondary N) is 2.